The Hall–Kier alpha value is -2.60. The molecule has 0 radical (unpaired) electrons. The highest BCUT2D eigenvalue weighted by molar-refractivity contribution is 14.1. The van der Waals surface area contributed by atoms with Crippen LogP contribution in [0, 0.1) is 25.0 Å². The number of allylic oxidation sites excluding steroid dienone is 1. The van der Waals surface area contributed by atoms with Crippen LogP contribution in [0.25, 0.3) is 11.6 Å². The molecule has 0 aliphatic carbocycles. The molecule has 2 aromatic carbocycles. The van der Waals surface area contributed by atoms with Gasteiger partial charge in [-0.15, -0.1) is 0 Å². The topological polar surface area (TPSA) is 85.4 Å². The van der Waals surface area contributed by atoms with Crippen LogP contribution >= 0.6 is 22.6 Å². The molecule has 0 saturated carbocycles. The molecule has 2 aromatic rings. The zero-order chi connectivity index (χ0) is 20.0. The number of halogens is 1. The predicted molar refractivity (Wildman–Crippen MR) is 113 cm³/mol. The number of nitro groups is 1. The minimum absolute atomic E-state index is 0.00125. The molecule has 0 amide bonds. The third-order valence-corrected chi connectivity index (χ3v) is 4.29. The first-order valence-corrected chi connectivity index (χ1v) is 9.43. The first-order chi connectivity index (χ1) is 12.8. The van der Waals surface area contributed by atoms with Crippen LogP contribution in [0.4, 0.5) is 5.69 Å². The lowest BCUT2D eigenvalue weighted by molar-refractivity contribution is -0.384. The highest BCUT2D eigenvalue weighted by Crippen LogP contribution is 2.36. The van der Waals surface area contributed by atoms with Gasteiger partial charge in [-0.05, 0) is 72.7 Å². The Morgan fingerprint density at radius 1 is 1.37 bits per heavy atom. The maximum Gasteiger partial charge on any atom is 0.270 e. The summed E-state index contributed by atoms with van der Waals surface area (Å²) >= 11 is 2.17. The van der Waals surface area contributed by atoms with E-state index in [0.717, 1.165) is 9.13 Å². The quantitative estimate of drug-likeness (QED) is 0.174. The molecular weight excluding hydrogens is 459 g/mol. The molecule has 140 valence electrons. The lowest BCUT2D eigenvalue weighted by atomic mass is 10.0. The molecule has 27 heavy (non-hydrogen) atoms. The van der Waals surface area contributed by atoms with Crippen LogP contribution in [0.3, 0.4) is 0 Å². The number of nitrogens with zero attached hydrogens (tertiary/aromatic N) is 2. The van der Waals surface area contributed by atoms with Crippen LogP contribution in [-0.4, -0.2) is 17.6 Å². The highest BCUT2D eigenvalue weighted by atomic mass is 127. The lowest BCUT2D eigenvalue weighted by Crippen LogP contribution is -2.09. The Bertz CT molecular complexity index is 917. The van der Waals surface area contributed by atoms with Crippen molar-refractivity contribution in [3.63, 3.8) is 0 Å². The molecule has 0 bridgehead atoms. The van der Waals surface area contributed by atoms with Crippen LogP contribution in [0.5, 0.6) is 11.5 Å². The molecular formula is C20H19IN2O4. The number of hydrogen-bond donors (Lipinski definition) is 0. The minimum atomic E-state index is -0.479. The largest absolute Gasteiger partial charge is 0.490 e. The van der Waals surface area contributed by atoms with Gasteiger partial charge in [-0.25, -0.2) is 0 Å². The highest BCUT2D eigenvalue weighted by Gasteiger charge is 2.14. The van der Waals surface area contributed by atoms with Crippen molar-refractivity contribution >= 4 is 39.9 Å². The van der Waals surface area contributed by atoms with Gasteiger partial charge in [0.15, 0.2) is 11.5 Å². The summed E-state index contributed by atoms with van der Waals surface area (Å²) in [5.41, 5.74) is 1.51. The molecule has 0 fully saturated rings. The molecule has 0 aliphatic rings. The average molecular weight is 478 g/mol. The molecule has 0 aromatic heterocycles. The molecule has 6 nitrogen and oxygen atoms in total. The molecule has 0 saturated heterocycles. The molecule has 2 rings (SSSR count). The third kappa shape index (κ3) is 5.44. The van der Waals surface area contributed by atoms with E-state index in [1.807, 2.05) is 26.8 Å². The smallest absolute Gasteiger partial charge is 0.270 e. The van der Waals surface area contributed by atoms with Gasteiger partial charge in [-0.2, -0.15) is 5.26 Å². The molecule has 7 heteroatoms. The summed E-state index contributed by atoms with van der Waals surface area (Å²) in [6.07, 6.45) is 1.68. The van der Waals surface area contributed by atoms with Crippen LogP contribution in [0.2, 0.25) is 0 Å². The second-order valence-corrected chi connectivity index (χ2v) is 7.07. The molecule has 0 aliphatic heterocycles. The number of rotatable bonds is 7. The van der Waals surface area contributed by atoms with Crippen LogP contribution in [0.1, 0.15) is 31.9 Å². The summed E-state index contributed by atoms with van der Waals surface area (Å²) in [4.78, 5) is 10.5. The summed E-state index contributed by atoms with van der Waals surface area (Å²) in [7, 11) is 0. The number of benzene rings is 2. The number of nitriles is 1. The second-order valence-electron chi connectivity index (χ2n) is 5.91. The van der Waals surface area contributed by atoms with Gasteiger partial charge in [-0.1, -0.05) is 12.1 Å². The number of hydrogen-bond acceptors (Lipinski definition) is 5. The second kappa shape index (κ2) is 9.37. The van der Waals surface area contributed by atoms with Crippen LogP contribution in [-0.2, 0) is 0 Å². The standard InChI is InChI=1S/C20H19IN2O4/c1-4-26-19-10-14(9-18(21)20(19)27-13(2)3)8-16(12-22)15-6-5-7-17(11-15)23(24)25/h5-11,13H,4H2,1-3H3. The van der Waals surface area contributed by atoms with Crippen molar-refractivity contribution in [2.45, 2.75) is 26.9 Å². The maximum atomic E-state index is 11.0. The number of nitro benzene ring substituents is 1. The van der Waals surface area contributed by atoms with E-state index in [1.165, 1.54) is 12.1 Å². The normalized spacial score (nSPS) is 11.2. The number of ether oxygens (including phenoxy) is 2. The van der Waals surface area contributed by atoms with E-state index in [2.05, 4.69) is 28.7 Å². The van der Waals surface area contributed by atoms with Crippen molar-refractivity contribution in [1.82, 2.24) is 0 Å². The maximum absolute atomic E-state index is 11.0. The summed E-state index contributed by atoms with van der Waals surface area (Å²) in [5.74, 6) is 1.26. The first kappa shape index (κ1) is 20.7. The molecule has 0 atom stereocenters. The average Bonchev–Trinajstić information content (AvgIpc) is 2.62. The lowest BCUT2D eigenvalue weighted by Gasteiger charge is -2.17. The predicted octanol–water partition coefficient (Wildman–Crippen LogP) is 5.45. The Balaban J connectivity index is 2.51. The minimum Gasteiger partial charge on any atom is -0.490 e. The van der Waals surface area contributed by atoms with Crippen LogP contribution in [0.15, 0.2) is 36.4 Å². The first-order valence-electron chi connectivity index (χ1n) is 8.35. The van der Waals surface area contributed by atoms with Gasteiger partial charge in [-0.3, -0.25) is 10.1 Å². The van der Waals surface area contributed by atoms with Gasteiger partial charge < -0.3 is 9.47 Å². The van der Waals surface area contributed by atoms with Crippen molar-refractivity contribution in [1.29, 1.82) is 5.26 Å². The molecule has 0 unspecified atom stereocenters. The van der Waals surface area contributed by atoms with E-state index >= 15 is 0 Å². The van der Waals surface area contributed by atoms with E-state index in [4.69, 9.17) is 9.47 Å². The summed E-state index contributed by atoms with van der Waals surface area (Å²) in [6.45, 7) is 6.25. The summed E-state index contributed by atoms with van der Waals surface area (Å²) in [5, 5.41) is 20.5. The summed E-state index contributed by atoms with van der Waals surface area (Å²) in [6, 6.07) is 11.8. The van der Waals surface area contributed by atoms with Crippen LogP contribution < -0.4 is 9.47 Å². The van der Waals surface area contributed by atoms with Crippen molar-refractivity contribution in [2.24, 2.45) is 0 Å². The Kier molecular flexibility index (Phi) is 7.19. The Morgan fingerprint density at radius 2 is 2.11 bits per heavy atom. The van der Waals surface area contributed by atoms with E-state index in [1.54, 1.807) is 24.3 Å². The van der Waals surface area contributed by atoms with Crippen molar-refractivity contribution in [3.8, 4) is 17.6 Å². The molecule has 0 N–H and O–H groups in total. The Morgan fingerprint density at radius 3 is 2.70 bits per heavy atom. The fraction of sp³-hybridized carbons (Fsp3) is 0.250. The van der Waals surface area contributed by atoms with E-state index in [-0.39, 0.29) is 11.8 Å². The van der Waals surface area contributed by atoms with Gasteiger partial charge in [0.25, 0.3) is 5.69 Å². The van der Waals surface area contributed by atoms with E-state index in [9.17, 15) is 15.4 Å². The van der Waals surface area contributed by atoms with E-state index < -0.39 is 4.92 Å². The van der Waals surface area contributed by atoms with Crippen molar-refractivity contribution < 1.29 is 14.4 Å². The molecule has 0 heterocycles. The van der Waals surface area contributed by atoms with Crippen molar-refractivity contribution in [2.75, 3.05) is 6.61 Å². The van der Waals surface area contributed by atoms with Gasteiger partial charge in [0.05, 0.1) is 32.8 Å². The van der Waals surface area contributed by atoms with E-state index in [0.29, 0.717) is 29.2 Å². The van der Waals surface area contributed by atoms with Gasteiger partial charge in [0.1, 0.15) is 0 Å². The SMILES string of the molecule is CCOc1cc(C=C(C#N)c2cccc([N+](=O)[O-])c2)cc(I)c1OC(C)C. The monoisotopic (exact) mass is 478 g/mol. The van der Waals surface area contributed by atoms with Gasteiger partial charge >= 0.3 is 0 Å². The Labute approximate surface area is 171 Å². The van der Waals surface area contributed by atoms with Gasteiger partial charge in [0, 0.05) is 12.1 Å². The van der Waals surface area contributed by atoms with Crippen molar-refractivity contribution in [3.05, 3.63) is 61.2 Å². The summed E-state index contributed by atoms with van der Waals surface area (Å²) < 4.78 is 12.4. The fourth-order valence-corrected chi connectivity index (χ4v) is 3.17. The fourth-order valence-electron chi connectivity index (χ4n) is 2.42. The third-order valence-electron chi connectivity index (χ3n) is 3.48. The number of non-ortho nitro benzene ring substituents is 1. The zero-order valence-electron chi connectivity index (χ0n) is 15.2. The van der Waals surface area contributed by atoms with Gasteiger partial charge in [0.2, 0.25) is 0 Å². The zero-order valence-corrected chi connectivity index (χ0v) is 17.4. The molecule has 0 spiro atoms.